The lowest BCUT2D eigenvalue weighted by Crippen LogP contribution is -1.99. The number of hydrogen-bond donors (Lipinski definition) is 1. The Bertz CT molecular complexity index is 584. The summed E-state index contributed by atoms with van der Waals surface area (Å²) < 4.78 is 4.98. The number of carboxylic acids is 1. The van der Waals surface area contributed by atoms with Crippen LogP contribution in [0.15, 0.2) is 28.8 Å². The molecular formula is C15H17NO3. The van der Waals surface area contributed by atoms with Gasteiger partial charge in [-0.1, -0.05) is 43.3 Å². The van der Waals surface area contributed by atoms with E-state index < -0.39 is 5.97 Å². The smallest absolute Gasteiger partial charge is 0.341 e. The van der Waals surface area contributed by atoms with Gasteiger partial charge in [0.1, 0.15) is 17.0 Å². The lowest BCUT2D eigenvalue weighted by atomic mass is 9.96. The molecule has 100 valence electrons. The molecule has 0 aliphatic heterocycles. The minimum Gasteiger partial charge on any atom is -0.477 e. The summed E-state index contributed by atoms with van der Waals surface area (Å²) in [5.41, 5.74) is 2.53. The van der Waals surface area contributed by atoms with Crippen LogP contribution in [0.3, 0.4) is 0 Å². The maximum absolute atomic E-state index is 11.2. The van der Waals surface area contributed by atoms with Crippen LogP contribution in [-0.4, -0.2) is 16.2 Å². The highest BCUT2D eigenvalue weighted by Gasteiger charge is 2.20. The molecule has 1 unspecified atom stereocenters. The van der Waals surface area contributed by atoms with Gasteiger partial charge in [0.15, 0.2) is 0 Å². The Balaban J connectivity index is 2.40. The van der Waals surface area contributed by atoms with Crippen molar-refractivity contribution in [2.45, 2.75) is 33.1 Å². The number of aromatic carboxylic acids is 1. The van der Waals surface area contributed by atoms with Crippen LogP contribution in [0.1, 0.15) is 47.9 Å². The second kappa shape index (κ2) is 5.26. The standard InChI is InChI=1S/C15H17NO3/c1-4-9(2)11-5-7-12(8-6-11)14-13(15(17)18)10(3)19-16-14/h5-9H,4H2,1-3H3,(H,17,18). The molecule has 2 rings (SSSR count). The van der Waals surface area contributed by atoms with Crippen molar-refractivity contribution in [2.75, 3.05) is 0 Å². The average molecular weight is 259 g/mol. The third-order valence-corrected chi connectivity index (χ3v) is 3.44. The minimum absolute atomic E-state index is 0.135. The molecule has 0 spiro atoms. The Kier molecular flexibility index (Phi) is 3.69. The Labute approximate surface area is 112 Å². The Morgan fingerprint density at radius 2 is 2.00 bits per heavy atom. The Morgan fingerprint density at radius 3 is 2.53 bits per heavy atom. The molecule has 2 aromatic rings. The summed E-state index contributed by atoms with van der Waals surface area (Å²) in [5, 5.41) is 13.0. The van der Waals surface area contributed by atoms with Gasteiger partial charge in [0.05, 0.1) is 0 Å². The quantitative estimate of drug-likeness (QED) is 0.905. The monoisotopic (exact) mass is 259 g/mol. The largest absolute Gasteiger partial charge is 0.477 e. The molecule has 1 atom stereocenters. The van der Waals surface area contributed by atoms with Gasteiger partial charge in [-0.05, 0) is 24.8 Å². The normalized spacial score (nSPS) is 12.4. The fraction of sp³-hybridized carbons (Fsp3) is 0.333. The number of aryl methyl sites for hydroxylation is 1. The number of aromatic nitrogens is 1. The fourth-order valence-corrected chi connectivity index (χ4v) is 2.03. The molecule has 4 nitrogen and oxygen atoms in total. The first-order chi connectivity index (χ1) is 9.04. The lowest BCUT2D eigenvalue weighted by molar-refractivity contribution is 0.0696. The zero-order valence-electron chi connectivity index (χ0n) is 11.3. The molecular weight excluding hydrogens is 242 g/mol. The van der Waals surface area contributed by atoms with Crippen LogP contribution >= 0.6 is 0 Å². The predicted octanol–water partition coefficient (Wildman–Crippen LogP) is 3.86. The highest BCUT2D eigenvalue weighted by molar-refractivity contribution is 5.95. The van der Waals surface area contributed by atoms with Gasteiger partial charge in [0, 0.05) is 5.56 Å². The average Bonchev–Trinajstić information content (AvgIpc) is 2.80. The summed E-state index contributed by atoms with van der Waals surface area (Å²) in [5.74, 6) is -0.194. The summed E-state index contributed by atoms with van der Waals surface area (Å²) in [7, 11) is 0. The number of hydrogen-bond acceptors (Lipinski definition) is 3. The van der Waals surface area contributed by atoms with Gasteiger partial charge in [-0.15, -0.1) is 0 Å². The summed E-state index contributed by atoms with van der Waals surface area (Å²) >= 11 is 0. The van der Waals surface area contributed by atoms with Crippen LogP contribution in [0.2, 0.25) is 0 Å². The van der Waals surface area contributed by atoms with Crippen molar-refractivity contribution in [2.24, 2.45) is 0 Å². The molecule has 4 heteroatoms. The summed E-state index contributed by atoms with van der Waals surface area (Å²) in [6.45, 7) is 5.91. The van der Waals surface area contributed by atoms with E-state index in [2.05, 4.69) is 19.0 Å². The molecule has 1 aromatic heterocycles. The third-order valence-electron chi connectivity index (χ3n) is 3.44. The van der Waals surface area contributed by atoms with E-state index >= 15 is 0 Å². The van der Waals surface area contributed by atoms with Crippen molar-refractivity contribution in [3.8, 4) is 11.3 Å². The molecule has 0 radical (unpaired) electrons. The van der Waals surface area contributed by atoms with Crippen LogP contribution in [0.5, 0.6) is 0 Å². The summed E-state index contributed by atoms with van der Waals surface area (Å²) in [6.07, 6.45) is 1.07. The van der Waals surface area contributed by atoms with Gasteiger partial charge in [-0.2, -0.15) is 0 Å². The first-order valence-electron chi connectivity index (χ1n) is 6.34. The fourth-order valence-electron chi connectivity index (χ4n) is 2.03. The molecule has 0 aliphatic rings. The molecule has 0 saturated heterocycles. The molecule has 19 heavy (non-hydrogen) atoms. The zero-order valence-corrected chi connectivity index (χ0v) is 11.3. The van der Waals surface area contributed by atoms with Crippen molar-refractivity contribution in [1.29, 1.82) is 0 Å². The molecule has 0 amide bonds. The lowest BCUT2D eigenvalue weighted by Gasteiger charge is -2.09. The Morgan fingerprint density at radius 1 is 1.37 bits per heavy atom. The molecule has 0 bridgehead atoms. The first-order valence-corrected chi connectivity index (χ1v) is 6.34. The van der Waals surface area contributed by atoms with Crippen molar-refractivity contribution in [3.63, 3.8) is 0 Å². The number of nitrogens with zero attached hydrogens (tertiary/aromatic N) is 1. The van der Waals surface area contributed by atoms with Crippen LogP contribution in [0.4, 0.5) is 0 Å². The summed E-state index contributed by atoms with van der Waals surface area (Å²) in [4.78, 5) is 11.2. The van der Waals surface area contributed by atoms with Gasteiger partial charge < -0.3 is 9.63 Å². The number of rotatable bonds is 4. The molecule has 0 saturated carbocycles. The number of carboxylic acid groups (broad SMARTS) is 1. The predicted molar refractivity (Wildman–Crippen MR) is 72.3 cm³/mol. The maximum atomic E-state index is 11.2. The third kappa shape index (κ3) is 2.52. The van der Waals surface area contributed by atoms with Gasteiger partial charge in [0.2, 0.25) is 0 Å². The summed E-state index contributed by atoms with van der Waals surface area (Å²) in [6, 6.07) is 7.81. The van der Waals surface area contributed by atoms with Crippen molar-refractivity contribution < 1.29 is 14.4 Å². The van der Waals surface area contributed by atoms with E-state index in [-0.39, 0.29) is 5.56 Å². The van der Waals surface area contributed by atoms with E-state index in [4.69, 9.17) is 4.52 Å². The van der Waals surface area contributed by atoms with E-state index in [0.29, 0.717) is 17.4 Å². The van der Waals surface area contributed by atoms with Crippen molar-refractivity contribution in [1.82, 2.24) is 5.16 Å². The maximum Gasteiger partial charge on any atom is 0.341 e. The molecule has 1 heterocycles. The van der Waals surface area contributed by atoms with Crippen LogP contribution in [0, 0.1) is 6.92 Å². The van der Waals surface area contributed by atoms with Crippen LogP contribution < -0.4 is 0 Å². The number of carbonyl (C=O) groups is 1. The van der Waals surface area contributed by atoms with Gasteiger partial charge >= 0.3 is 5.97 Å². The topological polar surface area (TPSA) is 63.3 Å². The SMILES string of the molecule is CCC(C)c1ccc(-c2noc(C)c2C(=O)O)cc1. The van der Waals surface area contributed by atoms with E-state index in [0.717, 1.165) is 12.0 Å². The van der Waals surface area contributed by atoms with Crippen LogP contribution in [-0.2, 0) is 0 Å². The van der Waals surface area contributed by atoms with E-state index in [1.165, 1.54) is 5.56 Å². The molecule has 0 fully saturated rings. The molecule has 0 aliphatic carbocycles. The second-order valence-corrected chi connectivity index (χ2v) is 4.70. The highest BCUT2D eigenvalue weighted by atomic mass is 16.5. The van der Waals surface area contributed by atoms with E-state index in [9.17, 15) is 9.90 Å². The van der Waals surface area contributed by atoms with Gasteiger partial charge in [-0.25, -0.2) is 4.79 Å². The van der Waals surface area contributed by atoms with E-state index in [1.807, 2.05) is 24.3 Å². The second-order valence-electron chi connectivity index (χ2n) is 4.70. The first kappa shape index (κ1) is 13.3. The van der Waals surface area contributed by atoms with Crippen molar-refractivity contribution in [3.05, 3.63) is 41.2 Å². The highest BCUT2D eigenvalue weighted by Crippen LogP contribution is 2.27. The minimum atomic E-state index is -1.01. The number of benzene rings is 1. The Hall–Kier alpha value is -2.10. The van der Waals surface area contributed by atoms with E-state index in [1.54, 1.807) is 6.92 Å². The zero-order chi connectivity index (χ0) is 14.0. The van der Waals surface area contributed by atoms with Crippen molar-refractivity contribution >= 4 is 5.97 Å². The molecule has 1 N–H and O–H groups in total. The van der Waals surface area contributed by atoms with Gasteiger partial charge in [-0.3, -0.25) is 0 Å². The van der Waals surface area contributed by atoms with Crippen LogP contribution in [0.25, 0.3) is 11.3 Å². The van der Waals surface area contributed by atoms with Gasteiger partial charge in [0.25, 0.3) is 0 Å². The molecule has 1 aromatic carbocycles.